The fraction of sp³-hybridized carbons (Fsp3) is 0.267. The first-order chi connectivity index (χ1) is 17.7. The van der Waals surface area contributed by atoms with Gasteiger partial charge in [0.15, 0.2) is 11.5 Å². The van der Waals surface area contributed by atoms with Crippen LogP contribution in [0.25, 0.3) is 11.3 Å². The fourth-order valence-electron chi connectivity index (χ4n) is 4.57. The van der Waals surface area contributed by atoms with Crippen LogP contribution < -0.4 is 9.47 Å². The Morgan fingerprint density at radius 1 is 0.972 bits per heavy atom. The molecule has 1 aromatic heterocycles. The minimum Gasteiger partial charge on any atom is -0.493 e. The molecular weight excluding hydrogens is 471 g/mol. The second kappa shape index (κ2) is 11.5. The molecule has 4 nitrogen and oxygen atoms in total. The van der Waals surface area contributed by atoms with Crippen molar-refractivity contribution < 1.29 is 13.9 Å². The lowest BCUT2D eigenvalue weighted by atomic mass is 9.84. The van der Waals surface area contributed by atoms with E-state index in [-0.39, 0.29) is 5.82 Å². The summed E-state index contributed by atoms with van der Waals surface area (Å²) in [5.74, 6) is 1.67. The number of rotatable bonds is 8. The Labute approximate surface area is 215 Å². The number of methoxy groups -OCH3 is 1. The minimum atomic E-state index is -0.264. The van der Waals surface area contributed by atoms with Gasteiger partial charge < -0.3 is 9.47 Å². The van der Waals surface area contributed by atoms with Crippen LogP contribution in [-0.2, 0) is 6.61 Å². The summed E-state index contributed by atoms with van der Waals surface area (Å²) in [7, 11) is 1.60. The van der Waals surface area contributed by atoms with Crippen molar-refractivity contribution in [2.24, 2.45) is 4.99 Å². The molecule has 0 aliphatic heterocycles. The first-order valence-electron chi connectivity index (χ1n) is 12.3. The lowest BCUT2D eigenvalue weighted by Crippen LogP contribution is -2.04. The monoisotopic (exact) mass is 500 g/mol. The molecule has 3 aromatic carbocycles. The molecule has 0 amide bonds. The van der Waals surface area contributed by atoms with Gasteiger partial charge in [-0.05, 0) is 65.8 Å². The van der Waals surface area contributed by atoms with Crippen molar-refractivity contribution in [2.45, 2.75) is 44.6 Å². The highest BCUT2D eigenvalue weighted by Gasteiger charge is 2.15. The fourth-order valence-corrected chi connectivity index (χ4v) is 5.24. The SMILES string of the molecule is COc1cc(C=Nc2nc(-c3ccc(C4CCCCC4)cc3)cs2)ccc1OCc1ccc(F)cc1. The number of halogens is 1. The highest BCUT2D eigenvalue weighted by atomic mass is 32.1. The van der Waals surface area contributed by atoms with Crippen LogP contribution in [0.3, 0.4) is 0 Å². The van der Waals surface area contributed by atoms with Crippen LogP contribution in [0.2, 0.25) is 0 Å². The van der Waals surface area contributed by atoms with E-state index >= 15 is 0 Å². The molecule has 0 radical (unpaired) electrons. The van der Waals surface area contributed by atoms with E-state index in [0.717, 1.165) is 22.4 Å². The number of aromatic nitrogens is 1. The number of thiazole rings is 1. The van der Waals surface area contributed by atoms with Gasteiger partial charge >= 0.3 is 0 Å². The van der Waals surface area contributed by atoms with Crippen LogP contribution in [0.15, 0.2) is 77.1 Å². The lowest BCUT2D eigenvalue weighted by Gasteiger charge is -2.22. The lowest BCUT2D eigenvalue weighted by molar-refractivity contribution is 0.284. The van der Waals surface area contributed by atoms with Crippen LogP contribution >= 0.6 is 11.3 Å². The summed E-state index contributed by atoms with van der Waals surface area (Å²) in [5.41, 5.74) is 5.29. The van der Waals surface area contributed by atoms with Crippen molar-refractivity contribution in [3.8, 4) is 22.8 Å². The topological polar surface area (TPSA) is 43.7 Å². The average Bonchev–Trinajstić information content (AvgIpc) is 3.41. The van der Waals surface area contributed by atoms with E-state index in [9.17, 15) is 4.39 Å². The van der Waals surface area contributed by atoms with E-state index in [4.69, 9.17) is 14.5 Å². The predicted molar refractivity (Wildman–Crippen MR) is 144 cm³/mol. The molecule has 0 N–H and O–H groups in total. The normalized spacial score (nSPS) is 14.3. The van der Waals surface area contributed by atoms with Gasteiger partial charge in [-0.1, -0.05) is 55.7 Å². The third-order valence-corrected chi connectivity index (χ3v) is 7.34. The van der Waals surface area contributed by atoms with Crippen LogP contribution in [0.4, 0.5) is 9.52 Å². The molecule has 0 bridgehead atoms. The summed E-state index contributed by atoms with van der Waals surface area (Å²) in [4.78, 5) is 9.28. The maximum Gasteiger partial charge on any atom is 0.209 e. The van der Waals surface area contributed by atoms with Crippen molar-refractivity contribution in [3.05, 3.63) is 94.6 Å². The van der Waals surface area contributed by atoms with E-state index in [2.05, 4.69) is 34.6 Å². The standard InChI is InChI=1S/C30H29FN2O2S/c1-34-29-17-22(9-16-28(29)35-19-21-7-14-26(31)15-8-21)18-32-30-33-27(20-36-30)25-12-10-24(11-13-25)23-5-3-2-4-6-23/h7-18,20,23H,2-6,19H2,1H3. The van der Waals surface area contributed by atoms with E-state index in [1.54, 1.807) is 25.5 Å². The highest BCUT2D eigenvalue weighted by Crippen LogP contribution is 2.34. The molecule has 0 atom stereocenters. The third-order valence-electron chi connectivity index (χ3n) is 6.59. The Bertz CT molecular complexity index is 1310. The molecule has 184 valence electrons. The Kier molecular flexibility index (Phi) is 7.72. The average molecular weight is 501 g/mol. The van der Waals surface area contributed by atoms with Gasteiger partial charge in [0.1, 0.15) is 12.4 Å². The molecule has 4 aromatic rings. The molecule has 1 fully saturated rings. The summed E-state index contributed by atoms with van der Waals surface area (Å²) in [6.45, 7) is 0.327. The Morgan fingerprint density at radius 2 is 1.75 bits per heavy atom. The van der Waals surface area contributed by atoms with Crippen LogP contribution in [0.5, 0.6) is 11.5 Å². The van der Waals surface area contributed by atoms with E-state index in [1.165, 1.54) is 61.1 Å². The number of aliphatic imine (C=N–C) groups is 1. The van der Waals surface area contributed by atoms with Gasteiger partial charge in [-0.25, -0.2) is 14.4 Å². The quantitative estimate of drug-likeness (QED) is 0.228. The number of nitrogens with zero attached hydrogens (tertiary/aromatic N) is 2. The molecule has 1 aliphatic carbocycles. The highest BCUT2D eigenvalue weighted by molar-refractivity contribution is 7.13. The molecule has 0 unspecified atom stereocenters. The number of hydrogen-bond acceptors (Lipinski definition) is 5. The van der Waals surface area contributed by atoms with Gasteiger partial charge in [0.2, 0.25) is 5.13 Å². The molecule has 1 heterocycles. The zero-order valence-electron chi connectivity index (χ0n) is 20.3. The maximum atomic E-state index is 13.1. The number of ether oxygens (including phenoxy) is 2. The molecule has 1 aliphatic rings. The predicted octanol–water partition coefficient (Wildman–Crippen LogP) is 8.34. The molecule has 0 saturated heterocycles. The first-order valence-corrected chi connectivity index (χ1v) is 13.2. The number of benzene rings is 3. The van der Waals surface area contributed by atoms with Crippen molar-refractivity contribution in [3.63, 3.8) is 0 Å². The second-order valence-electron chi connectivity index (χ2n) is 9.06. The van der Waals surface area contributed by atoms with Crippen LogP contribution in [-0.4, -0.2) is 18.3 Å². The van der Waals surface area contributed by atoms with Crippen LogP contribution in [0, 0.1) is 5.82 Å². The third kappa shape index (κ3) is 6.00. The van der Waals surface area contributed by atoms with Gasteiger partial charge in [-0.2, -0.15) is 0 Å². The zero-order valence-corrected chi connectivity index (χ0v) is 21.1. The summed E-state index contributed by atoms with van der Waals surface area (Å²) < 4.78 is 24.5. The van der Waals surface area contributed by atoms with Crippen LogP contribution in [0.1, 0.15) is 54.7 Å². The van der Waals surface area contributed by atoms with E-state index in [1.807, 2.05) is 18.2 Å². The first kappa shape index (κ1) is 24.2. The summed E-state index contributed by atoms with van der Waals surface area (Å²) in [5, 5.41) is 2.76. The summed E-state index contributed by atoms with van der Waals surface area (Å²) in [6, 6.07) is 20.8. The minimum absolute atomic E-state index is 0.264. The summed E-state index contributed by atoms with van der Waals surface area (Å²) in [6.07, 6.45) is 8.46. The molecule has 0 spiro atoms. The Morgan fingerprint density at radius 3 is 2.50 bits per heavy atom. The molecule has 36 heavy (non-hydrogen) atoms. The van der Waals surface area contributed by atoms with Crippen molar-refractivity contribution in [2.75, 3.05) is 7.11 Å². The van der Waals surface area contributed by atoms with E-state index < -0.39 is 0 Å². The maximum absolute atomic E-state index is 13.1. The Balaban J connectivity index is 1.23. The van der Waals surface area contributed by atoms with Gasteiger partial charge in [0.05, 0.1) is 12.8 Å². The smallest absolute Gasteiger partial charge is 0.209 e. The van der Waals surface area contributed by atoms with Crippen molar-refractivity contribution >= 4 is 22.7 Å². The molecule has 6 heteroatoms. The van der Waals surface area contributed by atoms with Crippen molar-refractivity contribution in [1.82, 2.24) is 4.98 Å². The zero-order chi connectivity index (χ0) is 24.7. The molecule has 1 saturated carbocycles. The molecule has 5 rings (SSSR count). The largest absolute Gasteiger partial charge is 0.493 e. The van der Waals surface area contributed by atoms with E-state index in [0.29, 0.717) is 29.2 Å². The van der Waals surface area contributed by atoms with Gasteiger partial charge in [-0.15, -0.1) is 11.3 Å². The van der Waals surface area contributed by atoms with Gasteiger partial charge in [-0.3, -0.25) is 0 Å². The van der Waals surface area contributed by atoms with Gasteiger partial charge in [0.25, 0.3) is 0 Å². The molecular formula is C30H29FN2O2S. The van der Waals surface area contributed by atoms with Crippen molar-refractivity contribution in [1.29, 1.82) is 0 Å². The summed E-state index contributed by atoms with van der Waals surface area (Å²) >= 11 is 1.52. The Hall–Kier alpha value is -3.51. The number of hydrogen-bond donors (Lipinski definition) is 0. The second-order valence-corrected chi connectivity index (χ2v) is 9.89. The van der Waals surface area contributed by atoms with Gasteiger partial charge in [0, 0.05) is 17.2 Å².